The van der Waals surface area contributed by atoms with E-state index in [4.69, 9.17) is 11.6 Å². The Morgan fingerprint density at radius 1 is 1.14 bits per heavy atom. The normalized spacial score (nSPS) is 11.4. The Hall–Kier alpha value is -2.08. The molecule has 2 aromatic rings. The molecule has 7 heteroatoms. The molecule has 2 nitrogen and oxygen atoms in total. The Labute approximate surface area is 128 Å². The van der Waals surface area contributed by atoms with Crippen molar-refractivity contribution in [2.45, 2.75) is 6.18 Å². The molecule has 0 atom stereocenters. The molecule has 0 bridgehead atoms. The monoisotopic (exact) mass is 332 g/mol. The van der Waals surface area contributed by atoms with Gasteiger partial charge in [-0.25, -0.2) is 9.18 Å². The van der Waals surface area contributed by atoms with Crippen molar-refractivity contribution >= 4 is 17.6 Å². The number of hydrogen-bond donors (Lipinski definition) is 0. The van der Waals surface area contributed by atoms with E-state index >= 15 is 0 Å². The molecular weight excluding hydrogens is 324 g/mol. The highest BCUT2D eigenvalue weighted by molar-refractivity contribution is 6.31. The van der Waals surface area contributed by atoms with Crippen LogP contribution in [0, 0.1) is 5.82 Å². The van der Waals surface area contributed by atoms with Gasteiger partial charge in [-0.15, -0.1) is 0 Å². The van der Waals surface area contributed by atoms with E-state index in [-0.39, 0.29) is 21.7 Å². The molecule has 0 saturated carbocycles. The third-order valence-electron chi connectivity index (χ3n) is 2.93. The van der Waals surface area contributed by atoms with E-state index in [1.807, 2.05) is 0 Å². The van der Waals surface area contributed by atoms with Gasteiger partial charge in [0.15, 0.2) is 0 Å². The summed E-state index contributed by atoms with van der Waals surface area (Å²) in [4.78, 5) is 11.5. The second kappa shape index (κ2) is 5.96. The van der Waals surface area contributed by atoms with Crippen LogP contribution in [0.4, 0.5) is 17.6 Å². The molecule has 0 heterocycles. The van der Waals surface area contributed by atoms with E-state index in [0.29, 0.717) is 6.07 Å². The van der Waals surface area contributed by atoms with Crippen molar-refractivity contribution in [1.82, 2.24) is 0 Å². The number of rotatable bonds is 2. The van der Waals surface area contributed by atoms with Gasteiger partial charge in [-0.3, -0.25) is 0 Å². The average Bonchev–Trinajstić information content (AvgIpc) is 2.44. The number of alkyl halides is 3. The van der Waals surface area contributed by atoms with Crippen molar-refractivity contribution in [1.29, 1.82) is 0 Å². The number of carbonyl (C=O) groups excluding carboxylic acids is 1. The largest absolute Gasteiger partial charge is 0.465 e. The molecule has 0 saturated heterocycles. The van der Waals surface area contributed by atoms with Crippen molar-refractivity contribution in [2.24, 2.45) is 0 Å². The Morgan fingerprint density at radius 2 is 1.82 bits per heavy atom. The van der Waals surface area contributed by atoms with Crippen molar-refractivity contribution < 1.29 is 27.1 Å². The predicted octanol–water partition coefficient (Wildman–Crippen LogP) is 4.95. The second-order valence-electron chi connectivity index (χ2n) is 4.41. The summed E-state index contributed by atoms with van der Waals surface area (Å²) in [7, 11) is 1.17. The molecule has 0 N–H and O–H groups in total. The molecule has 22 heavy (non-hydrogen) atoms. The van der Waals surface area contributed by atoms with E-state index in [1.54, 1.807) is 0 Å². The SMILES string of the molecule is COC(=O)c1cc(Cl)cc(-c2ccc(C(F)(F)F)cc2F)c1. The number of benzene rings is 2. The Morgan fingerprint density at radius 3 is 2.36 bits per heavy atom. The number of methoxy groups -OCH3 is 1. The van der Waals surface area contributed by atoms with Gasteiger partial charge in [0.2, 0.25) is 0 Å². The minimum absolute atomic E-state index is 0.0734. The maximum Gasteiger partial charge on any atom is 0.416 e. The average molecular weight is 333 g/mol. The smallest absolute Gasteiger partial charge is 0.416 e. The van der Waals surface area contributed by atoms with Gasteiger partial charge in [0.1, 0.15) is 5.82 Å². The number of carbonyl (C=O) groups is 1. The molecule has 0 aliphatic rings. The van der Waals surface area contributed by atoms with Crippen LogP contribution in [-0.4, -0.2) is 13.1 Å². The standard InChI is InChI=1S/C15H9ClF4O2/c1-22-14(21)9-4-8(5-11(16)6-9)12-3-2-10(7-13(12)17)15(18,19)20/h2-7H,1H3. The van der Waals surface area contributed by atoms with Gasteiger partial charge in [-0.2, -0.15) is 13.2 Å². The summed E-state index contributed by atoms with van der Waals surface area (Å²) < 4.78 is 56.1. The third kappa shape index (κ3) is 3.39. The first-order valence-electron chi connectivity index (χ1n) is 5.98. The number of ether oxygens (including phenoxy) is 1. The van der Waals surface area contributed by atoms with Crippen LogP contribution in [0.3, 0.4) is 0 Å². The van der Waals surface area contributed by atoms with Crippen LogP contribution in [0.2, 0.25) is 5.02 Å². The molecule has 0 aromatic heterocycles. The third-order valence-corrected chi connectivity index (χ3v) is 3.14. The summed E-state index contributed by atoms with van der Waals surface area (Å²) >= 11 is 5.85. The first kappa shape index (κ1) is 16.3. The summed E-state index contributed by atoms with van der Waals surface area (Å²) in [6.45, 7) is 0. The van der Waals surface area contributed by atoms with Crippen LogP contribution in [-0.2, 0) is 10.9 Å². The fourth-order valence-electron chi connectivity index (χ4n) is 1.91. The summed E-state index contributed by atoms with van der Waals surface area (Å²) in [5.41, 5.74) is -0.937. The second-order valence-corrected chi connectivity index (χ2v) is 4.85. The van der Waals surface area contributed by atoms with Crippen molar-refractivity contribution in [3.05, 3.63) is 58.4 Å². The maximum absolute atomic E-state index is 14.0. The van der Waals surface area contributed by atoms with Crippen LogP contribution in [0.15, 0.2) is 36.4 Å². The topological polar surface area (TPSA) is 26.3 Å². The van der Waals surface area contributed by atoms with E-state index in [9.17, 15) is 22.4 Å². The molecule has 2 rings (SSSR count). The van der Waals surface area contributed by atoms with Crippen LogP contribution in [0.5, 0.6) is 0 Å². The summed E-state index contributed by atoms with van der Waals surface area (Å²) in [5.74, 6) is -1.75. The van der Waals surface area contributed by atoms with Gasteiger partial charge < -0.3 is 4.74 Å². The van der Waals surface area contributed by atoms with Gasteiger partial charge in [0.05, 0.1) is 18.2 Å². The fourth-order valence-corrected chi connectivity index (χ4v) is 2.14. The predicted molar refractivity (Wildman–Crippen MR) is 73.2 cm³/mol. The molecule has 0 radical (unpaired) electrons. The molecule has 0 fully saturated rings. The lowest BCUT2D eigenvalue weighted by molar-refractivity contribution is -0.137. The van der Waals surface area contributed by atoms with Gasteiger partial charge >= 0.3 is 12.1 Å². The summed E-state index contributed by atoms with van der Waals surface area (Å²) in [6, 6.07) is 6.11. The van der Waals surface area contributed by atoms with Gasteiger partial charge in [-0.05, 0) is 35.9 Å². The Kier molecular flexibility index (Phi) is 4.42. The lowest BCUT2D eigenvalue weighted by Gasteiger charge is -2.10. The fraction of sp³-hybridized carbons (Fsp3) is 0.133. The van der Waals surface area contributed by atoms with Crippen LogP contribution >= 0.6 is 11.6 Å². The number of esters is 1. The zero-order chi connectivity index (χ0) is 16.5. The molecule has 0 aliphatic heterocycles. The first-order chi connectivity index (χ1) is 10.2. The Balaban J connectivity index is 2.53. The quantitative estimate of drug-likeness (QED) is 0.574. The zero-order valence-electron chi connectivity index (χ0n) is 11.2. The van der Waals surface area contributed by atoms with Crippen LogP contribution in [0.25, 0.3) is 11.1 Å². The van der Waals surface area contributed by atoms with E-state index in [2.05, 4.69) is 4.74 Å². The van der Waals surface area contributed by atoms with Gasteiger partial charge in [0, 0.05) is 10.6 Å². The van der Waals surface area contributed by atoms with Crippen molar-refractivity contribution in [3.8, 4) is 11.1 Å². The van der Waals surface area contributed by atoms with Crippen LogP contribution < -0.4 is 0 Å². The highest BCUT2D eigenvalue weighted by atomic mass is 35.5. The molecule has 2 aromatic carbocycles. The lowest BCUT2D eigenvalue weighted by atomic mass is 10.0. The minimum Gasteiger partial charge on any atom is -0.465 e. The molecule has 0 aliphatic carbocycles. The molecule has 0 spiro atoms. The first-order valence-corrected chi connectivity index (χ1v) is 6.36. The highest BCUT2D eigenvalue weighted by Crippen LogP contribution is 2.33. The van der Waals surface area contributed by atoms with Crippen molar-refractivity contribution in [2.75, 3.05) is 7.11 Å². The van der Waals surface area contributed by atoms with E-state index in [0.717, 1.165) is 12.1 Å². The van der Waals surface area contributed by atoms with Gasteiger partial charge in [0.25, 0.3) is 0 Å². The zero-order valence-corrected chi connectivity index (χ0v) is 11.9. The van der Waals surface area contributed by atoms with Gasteiger partial charge in [-0.1, -0.05) is 17.7 Å². The van der Waals surface area contributed by atoms with E-state index < -0.39 is 23.5 Å². The van der Waals surface area contributed by atoms with Crippen molar-refractivity contribution in [3.63, 3.8) is 0 Å². The summed E-state index contributed by atoms with van der Waals surface area (Å²) in [6.07, 6.45) is -4.63. The summed E-state index contributed by atoms with van der Waals surface area (Å²) in [5, 5.41) is 0.136. The molecule has 0 amide bonds. The molecule has 0 unspecified atom stereocenters. The number of halogens is 5. The minimum atomic E-state index is -4.63. The Bertz CT molecular complexity index is 726. The number of hydrogen-bond acceptors (Lipinski definition) is 2. The van der Waals surface area contributed by atoms with Crippen LogP contribution in [0.1, 0.15) is 15.9 Å². The highest BCUT2D eigenvalue weighted by Gasteiger charge is 2.31. The molecule has 116 valence electrons. The van der Waals surface area contributed by atoms with E-state index in [1.165, 1.54) is 25.3 Å². The lowest BCUT2D eigenvalue weighted by Crippen LogP contribution is -2.05. The molecular formula is C15H9ClF4O2. The maximum atomic E-state index is 14.0.